The van der Waals surface area contributed by atoms with E-state index in [1.807, 2.05) is 0 Å². The number of hydrogen-bond acceptors (Lipinski definition) is 0. The van der Waals surface area contributed by atoms with Crippen molar-refractivity contribution in [1.82, 2.24) is 0 Å². The maximum absolute atomic E-state index is 3.07. The largest absolute Gasteiger partial charge is 0.0750 e. The molecule has 0 bridgehead atoms. The average molecular weight is 146 g/mol. The Morgan fingerprint density at radius 3 is 2.00 bits per heavy atom. The van der Waals surface area contributed by atoms with Gasteiger partial charge in [0.1, 0.15) is 0 Å². The van der Waals surface area contributed by atoms with Crippen LogP contribution in [0.2, 0.25) is 0 Å². The van der Waals surface area contributed by atoms with E-state index in [2.05, 4.69) is 23.6 Å². The van der Waals surface area contributed by atoms with E-state index in [1.165, 1.54) is 38.5 Å². The Bertz CT molecular complexity index is 209. The van der Waals surface area contributed by atoms with Crippen LogP contribution in [0, 0.1) is 5.41 Å². The van der Waals surface area contributed by atoms with Gasteiger partial charge in [0.25, 0.3) is 0 Å². The van der Waals surface area contributed by atoms with Crippen LogP contribution in [0.25, 0.3) is 0 Å². The summed E-state index contributed by atoms with van der Waals surface area (Å²) >= 11 is 0. The van der Waals surface area contributed by atoms with Crippen LogP contribution in [-0.2, 0) is 0 Å². The Hall–Kier alpha value is -0.700. The van der Waals surface area contributed by atoms with Gasteiger partial charge in [-0.1, -0.05) is 24.3 Å². The van der Waals surface area contributed by atoms with Crippen LogP contribution in [0.15, 0.2) is 23.6 Å². The molecule has 2 rings (SSSR count). The molecule has 1 fully saturated rings. The summed E-state index contributed by atoms with van der Waals surface area (Å²) in [5.74, 6) is 0. The van der Waals surface area contributed by atoms with Crippen molar-refractivity contribution in [3.63, 3.8) is 0 Å². The van der Waals surface area contributed by atoms with Crippen molar-refractivity contribution in [2.24, 2.45) is 5.41 Å². The first kappa shape index (κ1) is 6.98. The maximum atomic E-state index is 3.07. The molecule has 0 nitrogen and oxygen atoms in total. The van der Waals surface area contributed by atoms with Crippen molar-refractivity contribution < 1.29 is 0 Å². The van der Waals surface area contributed by atoms with E-state index in [0.29, 0.717) is 5.41 Å². The second-order valence-electron chi connectivity index (χ2n) is 3.81. The Morgan fingerprint density at radius 2 is 1.45 bits per heavy atom. The molecule has 0 heteroatoms. The van der Waals surface area contributed by atoms with Crippen LogP contribution in [0.5, 0.6) is 0 Å². The summed E-state index contributed by atoms with van der Waals surface area (Å²) in [5.41, 5.74) is 6.76. The van der Waals surface area contributed by atoms with Crippen molar-refractivity contribution in [1.29, 1.82) is 0 Å². The van der Waals surface area contributed by atoms with Crippen LogP contribution in [-0.4, -0.2) is 0 Å². The molecule has 0 atom stereocenters. The van der Waals surface area contributed by atoms with Crippen LogP contribution in [0.1, 0.15) is 38.5 Å². The summed E-state index contributed by atoms with van der Waals surface area (Å²) < 4.78 is 0. The van der Waals surface area contributed by atoms with E-state index in [0.717, 1.165) is 0 Å². The fourth-order valence-electron chi connectivity index (χ4n) is 2.27. The molecule has 0 heterocycles. The summed E-state index contributed by atoms with van der Waals surface area (Å²) in [6, 6.07) is 0. The van der Waals surface area contributed by atoms with Gasteiger partial charge in [-0.25, -0.2) is 0 Å². The summed E-state index contributed by atoms with van der Waals surface area (Å²) in [6.45, 7) is 0. The second kappa shape index (κ2) is 2.74. The highest BCUT2D eigenvalue weighted by Gasteiger charge is 2.31. The lowest BCUT2D eigenvalue weighted by molar-refractivity contribution is 0.306. The summed E-state index contributed by atoms with van der Waals surface area (Å²) in [5, 5.41) is 0. The monoisotopic (exact) mass is 146 g/mol. The standard InChI is InChI=1S/C11H14/c1-2-4-8-11(7-3-1)9-5-6-10-11/h3-4H,5-10H2. The third-order valence-corrected chi connectivity index (χ3v) is 3.02. The highest BCUT2D eigenvalue weighted by Crippen LogP contribution is 2.44. The van der Waals surface area contributed by atoms with Gasteiger partial charge in [0, 0.05) is 0 Å². The number of rotatable bonds is 0. The van der Waals surface area contributed by atoms with Crippen molar-refractivity contribution >= 4 is 0 Å². The summed E-state index contributed by atoms with van der Waals surface area (Å²) in [7, 11) is 0. The third kappa shape index (κ3) is 1.33. The number of allylic oxidation sites excluding steroid dienone is 2. The highest BCUT2D eigenvalue weighted by atomic mass is 14.4. The van der Waals surface area contributed by atoms with Gasteiger partial charge in [-0.3, -0.25) is 0 Å². The lowest BCUT2D eigenvalue weighted by Gasteiger charge is -2.24. The minimum atomic E-state index is 0.622. The van der Waals surface area contributed by atoms with E-state index < -0.39 is 0 Å². The SMILES string of the molecule is C1=C=CCC2(CC=1)CCCC2. The first-order valence-electron chi connectivity index (χ1n) is 4.56. The first-order chi connectivity index (χ1) is 5.41. The Morgan fingerprint density at radius 1 is 0.909 bits per heavy atom. The summed E-state index contributed by atoms with van der Waals surface area (Å²) in [6.07, 6.45) is 12.5. The van der Waals surface area contributed by atoms with Gasteiger partial charge < -0.3 is 0 Å². The topological polar surface area (TPSA) is 0 Å². The molecule has 0 aromatic heterocycles. The average Bonchev–Trinajstić information content (AvgIpc) is 2.32. The molecule has 2 aliphatic rings. The maximum Gasteiger partial charge on any atom is -0.0208 e. The van der Waals surface area contributed by atoms with Crippen molar-refractivity contribution in [2.75, 3.05) is 0 Å². The molecule has 0 unspecified atom stereocenters. The van der Waals surface area contributed by atoms with Crippen LogP contribution in [0.4, 0.5) is 0 Å². The van der Waals surface area contributed by atoms with Crippen molar-refractivity contribution in [2.45, 2.75) is 38.5 Å². The molecular weight excluding hydrogens is 132 g/mol. The van der Waals surface area contributed by atoms with Crippen LogP contribution >= 0.6 is 0 Å². The minimum absolute atomic E-state index is 0.622. The third-order valence-electron chi connectivity index (χ3n) is 3.02. The summed E-state index contributed by atoms with van der Waals surface area (Å²) in [4.78, 5) is 0. The smallest absolute Gasteiger partial charge is 0.0208 e. The lowest BCUT2D eigenvalue weighted by Crippen LogP contribution is -2.13. The molecule has 0 aromatic carbocycles. The molecule has 2 aliphatic carbocycles. The minimum Gasteiger partial charge on any atom is -0.0750 e. The fraction of sp³-hybridized carbons (Fsp3) is 0.636. The van der Waals surface area contributed by atoms with Gasteiger partial charge in [-0.2, -0.15) is 0 Å². The van der Waals surface area contributed by atoms with Gasteiger partial charge in [-0.15, -0.1) is 0 Å². The highest BCUT2D eigenvalue weighted by molar-refractivity contribution is 5.02. The van der Waals surface area contributed by atoms with Crippen LogP contribution in [0.3, 0.4) is 0 Å². The predicted molar refractivity (Wildman–Crippen MR) is 46.3 cm³/mol. The molecule has 0 aromatic rings. The zero-order valence-electron chi connectivity index (χ0n) is 6.90. The van der Waals surface area contributed by atoms with Gasteiger partial charge in [-0.05, 0) is 43.3 Å². The molecule has 1 spiro atoms. The van der Waals surface area contributed by atoms with E-state index in [-0.39, 0.29) is 0 Å². The molecule has 58 valence electrons. The molecule has 0 amide bonds. The second-order valence-corrected chi connectivity index (χ2v) is 3.81. The zero-order chi connectivity index (χ0) is 7.57. The van der Waals surface area contributed by atoms with E-state index in [1.54, 1.807) is 0 Å². The lowest BCUT2D eigenvalue weighted by atomic mass is 9.80. The van der Waals surface area contributed by atoms with Crippen molar-refractivity contribution in [3.8, 4) is 0 Å². The molecular formula is C11H14. The van der Waals surface area contributed by atoms with Gasteiger partial charge in [0.2, 0.25) is 0 Å². The van der Waals surface area contributed by atoms with Gasteiger partial charge >= 0.3 is 0 Å². The molecule has 0 radical (unpaired) electrons. The van der Waals surface area contributed by atoms with Gasteiger partial charge in [0.05, 0.1) is 0 Å². The van der Waals surface area contributed by atoms with Crippen LogP contribution < -0.4 is 0 Å². The molecule has 0 saturated heterocycles. The fourth-order valence-corrected chi connectivity index (χ4v) is 2.27. The molecule has 1 saturated carbocycles. The predicted octanol–water partition coefficient (Wildman–Crippen LogP) is 3.21. The Labute approximate surface area is 68.3 Å². The zero-order valence-corrected chi connectivity index (χ0v) is 6.90. The molecule has 0 N–H and O–H groups in total. The van der Waals surface area contributed by atoms with E-state index in [9.17, 15) is 0 Å². The van der Waals surface area contributed by atoms with E-state index >= 15 is 0 Å². The quantitative estimate of drug-likeness (QED) is 0.460. The normalized spacial score (nSPS) is 26.2. The molecule has 0 aliphatic heterocycles. The Kier molecular flexibility index (Phi) is 1.74. The van der Waals surface area contributed by atoms with E-state index in [4.69, 9.17) is 0 Å². The molecule has 11 heavy (non-hydrogen) atoms. The number of hydrogen-bond donors (Lipinski definition) is 0. The van der Waals surface area contributed by atoms with Crippen molar-refractivity contribution in [3.05, 3.63) is 23.6 Å². The van der Waals surface area contributed by atoms with Gasteiger partial charge in [0.15, 0.2) is 0 Å². The first-order valence-corrected chi connectivity index (χ1v) is 4.56. The Balaban J connectivity index is 2.17.